The van der Waals surface area contributed by atoms with Crippen molar-refractivity contribution in [3.63, 3.8) is 0 Å². The van der Waals surface area contributed by atoms with Crippen LogP contribution >= 0.6 is 0 Å². The quantitative estimate of drug-likeness (QED) is 0.572. The maximum atomic E-state index is 13.3. The summed E-state index contributed by atoms with van der Waals surface area (Å²) < 4.78 is 30.5. The van der Waals surface area contributed by atoms with E-state index in [0.717, 1.165) is 5.69 Å². The van der Waals surface area contributed by atoms with Crippen LogP contribution in [0.3, 0.4) is 0 Å². The van der Waals surface area contributed by atoms with Gasteiger partial charge in [-0.2, -0.15) is 4.31 Å². The number of aryl methyl sites for hydroxylation is 3. The van der Waals surface area contributed by atoms with Crippen LogP contribution in [0, 0.1) is 13.8 Å². The Hall–Kier alpha value is -2.91. The topological polar surface area (TPSA) is 84.6 Å². The van der Waals surface area contributed by atoms with Gasteiger partial charge in [-0.15, -0.1) is 0 Å². The SMILES string of the molecule is Cc1cccc(N2CCN(S(=O)(=O)c3ccc4c(c3)n(C)c(=O)c(=O)n4C)CC2)c1C. The Morgan fingerprint density at radius 1 is 0.806 bits per heavy atom. The molecule has 164 valence electrons. The highest BCUT2D eigenvalue weighted by Gasteiger charge is 2.29. The van der Waals surface area contributed by atoms with Gasteiger partial charge in [0.15, 0.2) is 0 Å². The minimum absolute atomic E-state index is 0.119. The molecule has 1 saturated heterocycles. The van der Waals surface area contributed by atoms with E-state index in [9.17, 15) is 18.0 Å². The molecule has 0 aliphatic carbocycles. The number of hydrogen-bond acceptors (Lipinski definition) is 5. The van der Waals surface area contributed by atoms with Crippen molar-refractivity contribution >= 4 is 26.7 Å². The van der Waals surface area contributed by atoms with Gasteiger partial charge >= 0.3 is 11.1 Å². The molecule has 8 nitrogen and oxygen atoms in total. The summed E-state index contributed by atoms with van der Waals surface area (Å²) in [5, 5.41) is 0. The van der Waals surface area contributed by atoms with Crippen LogP contribution in [0.1, 0.15) is 11.1 Å². The Labute approximate surface area is 181 Å². The highest BCUT2D eigenvalue weighted by Crippen LogP contribution is 2.26. The minimum atomic E-state index is -3.73. The van der Waals surface area contributed by atoms with Gasteiger partial charge in [0.05, 0.1) is 15.9 Å². The zero-order chi connectivity index (χ0) is 22.5. The van der Waals surface area contributed by atoms with Gasteiger partial charge < -0.3 is 14.0 Å². The van der Waals surface area contributed by atoms with Crippen LogP contribution in [0.2, 0.25) is 0 Å². The van der Waals surface area contributed by atoms with Crippen molar-refractivity contribution in [2.24, 2.45) is 14.1 Å². The molecule has 0 saturated carbocycles. The molecule has 0 unspecified atom stereocenters. The number of anilines is 1. The van der Waals surface area contributed by atoms with Crippen LogP contribution in [0.5, 0.6) is 0 Å². The Morgan fingerprint density at radius 3 is 2.06 bits per heavy atom. The molecule has 0 N–H and O–H groups in total. The first-order valence-corrected chi connectivity index (χ1v) is 11.6. The van der Waals surface area contributed by atoms with Crippen LogP contribution in [0.15, 0.2) is 50.9 Å². The second kappa shape index (κ2) is 7.65. The normalized spacial score (nSPS) is 15.5. The molecule has 1 aliphatic rings. The molecule has 2 aromatic carbocycles. The lowest BCUT2D eigenvalue weighted by molar-refractivity contribution is 0.385. The molecule has 1 fully saturated rings. The number of sulfonamides is 1. The Morgan fingerprint density at radius 2 is 1.42 bits per heavy atom. The molecular weight excluding hydrogens is 416 g/mol. The van der Waals surface area contributed by atoms with Crippen LogP contribution in [0.4, 0.5) is 5.69 Å². The predicted octanol–water partition coefficient (Wildman–Crippen LogP) is 1.36. The van der Waals surface area contributed by atoms with E-state index in [0.29, 0.717) is 37.2 Å². The molecule has 3 aromatic rings. The smallest absolute Gasteiger partial charge is 0.316 e. The van der Waals surface area contributed by atoms with Gasteiger partial charge in [-0.25, -0.2) is 8.42 Å². The molecule has 1 aromatic heterocycles. The molecule has 0 amide bonds. The summed E-state index contributed by atoms with van der Waals surface area (Å²) in [5.41, 5.74) is 3.13. The van der Waals surface area contributed by atoms with E-state index in [4.69, 9.17) is 0 Å². The van der Waals surface area contributed by atoms with Crippen LogP contribution < -0.4 is 16.0 Å². The van der Waals surface area contributed by atoms with Gasteiger partial charge in [0.1, 0.15) is 0 Å². The second-order valence-corrected chi connectivity index (χ2v) is 9.93. The molecule has 0 radical (unpaired) electrons. The first-order valence-electron chi connectivity index (χ1n) is 10.1. The lowest BCUT2D eigenvalue weighted by Crippen LogP contribution is -2.48. The first kappa shape index (κ1) is 21.3. The molecule has 2 heterocycles. The van der Waals surface area contributed by atoms with Crippen molar-refractivity contribution in [1.29, 1.82) is 0 Å². The van der Waals surface area contributed by atoms with Crippen LogP contribution in [-0.4, -0.2) is 48.0 Å². The number of aromatic nitrogens is 2. The van der Waals surface area contributed by atoms with Gasteiger partial charge in [0.25, 0.3) is 0 Å². The predicted molar refractivity (Wildman–Crippen MR) is 121 cm³/mol. The summed E-state index contributed by atoms with van der Waals surface area (Å²) >= 11 is 0. The van der Waals surface area contributed by atoms with E-state index in [2.05, 4.69) is 30.9 Å². The summed E-state index contributed by atoms with van der Waals surface area (Å²) in [6, 6.07) is 10.7. The van der Waals surface area contributed by atoms with Crippen LogP contribution in [0.25, 0.3) is 11.0 Å². The van der Waals surface area contributed by atoms with E-state index in [1.54, 1.807) is 6.07 Å². The average molecular weight is 443 g/mol. The van der Waals surface area contributed by atoms with Crippen molar-refractivity contribution in [1.82, 2.24) is 13.4 Å². The third-order valence-electron chi connectivity index (χ3n) is 6.25. The molecule has 31 heavy (non-hydrogen) atoms. The zero-order valence-corrected chi connectivity index (χ0v) is 18.9. The molecule has 0 bridgehead atoms. The van der Waals surface area contributed by atoms with E-state index in [1.807, 2.05) is 6.07 Å². The Bertz CT molecular complexity index is 1400. The summed E-state index contributed by atoms with van der Waals surface area (Å²) in [6.45, 7) is 6.11. The fraction of sp³-hybridized carbons (Fsp3) is 0.364. The van der Waals surface area contributed by atoms with Crippen molar-refractivity contribution in [3.05, 3.63) is 68.2 Å². The van der Waals surface area contributed by atoms with E-state index < -0.39 is 21.1 Å². The zero-order valence-electron chi connectivity index (χ0n) is 18.1. The number of nitrogens with zero attached hydrogens (tertiary/aromatic N) is 4. The lowest BCUT2D eigenvalue weighted by Gasteiger charge is -2.36. The van der Waals surface area contributed by atoms with Crippen LogP contribution in [-0.2, 0) is 24.1 Å². The molecule has 1 aliphatic heterocycles. The fourth-order valence-electron chi connectivity index (χ4n) is 4.12. The standard InChI is InChI=1S/C22H26N4O4S/c1-15-6-5-7-18(16(15)2)25-10-12-26(13-11-25)31(29,30)17-8-9-19-20(14-17)24(4)22(28)21(27)23(19)3/h5-9,14H,10-13H2,1-4H3. The number of rotatable bonds is 3. The second-order valence-electron chi connectivity index (χ2n) is 7.99. The van der Waals surface area contributed by atoms with E-state index in [-0.39, 0.29) is 4.90 Å². The average Bonchev–Trinajstić information content (AvgIpc) is 2.77. The third-order valence-corrected chi connectivity index (χ3v) is 8.15. The van der Waals surface area contributed by atoms with Gasteiger partial charge in [0, 0.05) is 46.0 Å². The summed E-state index contributed by atoms with van der Waals surface area (Å²) in [7, 11) is -0.742. The summed E-state index contributed by atoms with van der Waals surface area (Å²) in [4.78, 5) is 26.5. The Kier molecular flexibility index (Phi) is 5.26. The third kappa shape index (κ3) is 3.47. The Balaban J connectivity index is 1.64. The van der Waals surface area contributed by atoms with E-state index >= 15 is 0 Å². The number of hydrogen-bond donors (Lipinski definition) is 0. The number of benzene rings is 2. The van der Waals surface area contributed by atoms with Gasteiger partial charge in [-0.1, -0.05) is 12.1 Å². The van der Waals surface area contributed by atoms with Crippen molar-refractivity contribution in [3.8, 4) is 0 Å². The maximum absolute atomic E-state index is 13.3. The highest BCUT2D eigenvalue weighted by molar-refractivity contribution is 7.89. The monoisotopic (exact) mass is 442 g/mol. The van der Waals surface area contributed by atoms with Gasteiger partial charge in [-0.05, 0) is 49.2 Å². The first-order chi connectivity index (χ1) is 14.6. The number of piperazine rings is 1. The van der Waals surface area contributed by atoms with Crippen molar-refractivity contribution < 1.29 is 8.42 Å². The molecule has 0 spiro atoms. The molecular formula is C22H26N4O4S. The largest absolute Gasteiger partial charge is 0.369 e. The molecule has 4 rings (SSSR count). The summed E-state index contributed by atoms with van der Waals surface area (Å²) in [6.07, 6.45) is 0. The molecule has 0 atom stereocenters. The van der Waals surface area contributed by atoms with Gasteiger partial charge in [0.2, 0.25) is 10.0 Å². The minimum Gasteiger partial charge on any atom is -0.369 e. The van der Waals surface area contributed by atoms with Crippen molar-refractivity contribution in [2.45, 2.75) is 18.7 Å². The lowest BCUT2D eigenvalue weighted by atomic mass is 10.1. The maximum Gasteiger partial charge on any atom is 0.316 e. The van der Waals surface area contributed by atoms with Gasteiger partial charge in [-0.3, -0.25) is 9.59 Å². The summed E-state index contributed by atoms with van der Waals surface area (Å²) in [5.74, 6) is 0. The van der Waals surface area contributed by atoms with E-state index in [1.165, 1.54) is 50.8 Å². The van der Waals surface area contributed by atoms with Crippen molar-refractivity contribution in [2.75, 3.05) is 31.1 Å². The number of fused-ring (bicyclic) bond motifs is 1. The fourth-order valence-corrected chi connectivity index (χ4v) is 5.56. The molecule has 9 heteroatoms. The highest BCUT2D eigenvalue weighted by atomic mass is 32.2.